The quantitative estimate of drug-likeness (QED) is 0.449. The number of halogens is 1. The van der Waals surface area contributed by atoms with Crippen LogP contribution < -0.4 is 5.43 Å². The second-order valence-corrected chi connectivity index (χ2v) is 0.736. The van der Waals surface area contributed by atoms with Crippen LogP contribution in [0, 0.1) is 0 Å². The highest BCUT2D eigenvalue weighted by molar-refractivity contribution is 5.85. The highest BCUT2D eigenvalue weighted by Crippen LogP contribution is 1.61. The highest BCUT2D eigenvalue weighted by atomic mass is 35.5. The molecule has 2 heteroatoms. The molecular formula is C3H3ClO. The number of hydrogen-bond donors (Lipinski definition) is 0. The van der Waals surface area contributed by atoms with Crippen LogP contribution in [-0.4, -0.2) is 0 Å². The first-order valence-corrected chi connectivity index (χ1v) is 1.11. The Labute approximate surface area is 35.7 Å². The molecule has 5 heavy (non-hydrogen) atoms. The number of rotatable bonds is 0. The molecular weight excluding hydrogens is 87.5 g/mol. The molecule has 0 aliphatic rings. The normalized spacial score (nSPS) is 7.20. The van der Waals surface area contributed by atoms with Crippen molar-refractivity contribution >= 4 is 12.4 Å². The highest BCUT2D eigenvalue weighted by Gasteiger charge is 1.78. The van der Waals surface area contributed by atoms with Gasteiger partial charge >= 0.3 is 0 Å². The Morgan fingerprint density at radius 1 is 1.40 bits per heavy atom. The minimum atomic E-state index is 0. The molecule has 0 atom stereocenters. The zero-order valence-electron chi connectivity index (χ0n) is 2.47. The van der Waals surface area contributed by atoms with Crippen LogP contribution >= 0.6 is 12.4 Å². The van der Waals surface area contributed by atoms with E-state index in [-0.39, 0.29) is 17.8 Å². The third-order valence-corrected chi connectivity index (χ3v) is 0.303. The first-order chi connectivity index (χ1) is 1.89. The van der Waals surface area contributed by atoms with Crippen LogP contribution in [0.1, 0.15) is 0 Å². The second kappa shape index (κ2) is 1.22. The monoisotopic (exact) mass is 90.0 g/mol. The Morgan fingerprint density at radius 2 is 1.60 bits per heavy atom. The topological polar surface area (TPSA) is 17.1 Å². The van der Waals surface area contributed by atoms with E-state index in [9.17, 15) is 4.79 Å². The van der Waals surface area contributed by atoms with Crippen molar-refractivity contribution in [2.24, 2.45) is 0 Å². The Hall–Kier alpha value is -0.300. The van der Waals surface area contributed by atoms with Gasteiger partial charge in [0, 0.05) is 0 Å². The minimum Gasteiger partial charge on any atom is -0.290 e. The summed E-state index contributed by atoms with van der Waals surface area (Å²) in [6.45, 7) is 0. The SMILES string of the molecule is Cl.O=c1cc1. The van der Waals surface area contributed by atoms with Gasteiger partial charge in [0.15, 0.2) is 5.43 Å². The summed E-state index contributed by atoms with van der Waals surface area (Å²) in [5, 5.41) is 0. The zero-order chi connectivity index (χ0) is 2.99. The molecule has 0 aromatic heterocycles. The van der Waals surface area contributed by atoms with Crippen LogP contribution in [0.25, 0.3) is 0 Å². The Bertz CT molecular complexity index is 95.7. The van der Waals surface area contributed by atoms with Crippen molar-refractivity contribution in [1.29, 1.82) is 0 Å². The summed E-state index contributed by atoms with van der Waals surface area (Å²) < 4.78 is 0. The van der Waals surface area contributed by atoms with E-state index in [4.69, 9.17) is 0 Å². The van der Waals surface area contributed by atoms with Gasteiger partial charge in [-0.15, -0.1) is 12.4 Å². The summed E-state index contributed by atoms with van der Waals surface area (Å²) in [6.07, 6.45) is 0. The van der Waals surface area contributed by atoms with Crippen molar-refractivity contribution in [3.63, 3.8) is 0 Å². The van der Waals surface area contributed by atoms with E-state index >= 15 is 0 Å². The van der Waals surface area contributed by atoms with Gasteiger partial charge in [-0.05, 0) is 12.1 Å². The summed E-state index contributed by atoms with van der Waals surface area (Å²) in [5.41, 5.74) is 0.167. The fraction of sp³-hybridized carbons (Fsp3) is 0. The second-order valence-electron chi connectivity index (χ2n) is 0.736. The third kappa shape index (κ3) is 1.47. The largest absolute Gasteiger partial charge is 0.290 e. The van der Waals surface area contributed by atoms with Crippen LogP contribution in [0.2, 0.25) is 0 Å². The van der Waals surface area contributed by atoms with Gasteiger partial charge in [-0.1, -0.05) is 0 Å². The predicted octanol–water partition coefficient (Wildman–Crippen LogP) is 0.344. The van der Waals surface area contributed by atoms with Crippen molar-refractivity contribution in [2.75, 3.05) is 0 Å². The lowest BCUT2D eigenvalue weighted by Crippen LogP contribution is -1.61. The lowest BCUT2D eigenvalue weighted by molar-refractivity contribution is 2.05. The molecule has 0 aliphatic heterocycles. The molecule has 1 rings (SSSR count). The van der Waals surface area contributed by atoms with Crippen LogP contribution in [0.4, 0.5) is 0 Å². The first kappa shape index (κ1) is 4.70. The Morgan fingerprint density at radius 3 is 1.60 bits per heavy atom. The molecule has 0 spiro atoms. The van der Waals surface area contributed by atoms with Crippen LogP contribution in [0.3, 0.4) is 0 Å². The summed E-state index contributed by atoms with van der Waals surface area (Å²) in [5.74, 6) is 0. The molecule has 0 saturated heterocycles. The van der Waals surface area contributed by atoms with Gasteiger partial charge in [-0.3, -0.25) is 4.79 Å². The van der Waals surface area contributed by atoms with Crippen molar-refractivity contribution in [3.05, 3.63) is 22.4 Å². The molecule has 0 heterocycles. The van der Waals surface area contributed by atoms with Gasteiger partial charge < -0.3 is 0 Å². The Kier molecular flexibility index (Phi) is 1.15. The van der Waals surface area contributed by atoms with Gasteiger partial charge in [0.25, 0.3) is 0 Å². The molecule has 1 nitrogen and oxygen atoms in total. The average Bonchev–Trinajstić information content (AvgIpc) is 1.75. The summed E-state index contributed by atoms with van der Waals surface area (Å²) in [7, 11) is 0. The molecule has 28 valence electrons. The fourth-order valence-corrected chi connectivity index (χ4v) is 0.0340. The van der Waals surface area contributed by atoms with Crippen LogP contribution in [0.5, 0.6) is 0 Å². The zero-order valence-corrected chi connectivity index (χ0v) is 3.29. The van der Waals surface area contributed by atoms with Gasteiger partial charge in [-0.2, -0.15) is 0 Å². The lowest BCUT2D eigenvalue weighted by Gasteiger charge is -1.12. The van der Waals surface area contributed by atoms with Gasteiger partial charge in [-0.25, -0.2) is 0 Å². The fourth-order valence-electron chi connectivity index (χ4n) is 0.0340. The smallest absolute Gasteiger partial charge is 0.178 e. The van der Waals surface area contributed by atoms with Crippen molar-refractivity contribution in [1.82, 2.24) is 0 Å². The van der Waals surface area contributed by atoms with E-state index in [1.165, 1.54) is 12.1 Å². The van der Waals surface area contributed by atoms with Gasteiger partial charge in [0.05, 0.1) is 0 Å². The molecule has 0 bridgehead atoms. The van der Waals surface area contributed by atoms with Gasteiger partial charge in [0.2, 0.25) is 0 Å². The van der Waals surface area contributed by atoms with Crippen molar-refractivity contribution in [2.45, 2.75) is 0 Å². The molecule has 0 aliphatic carbocycles. The molecule has 0 radical (unpaired) electrons. The maximum absolute atomic E-state index is 9.44. The standard InChI is InChI=1S/C3H2O.ClH/c4-3-1-2-3;/h1-2H;1H. The molecule has 0 fully saturated rings. The maximum atomic E-state index is 9.44. The van der Waals surface area contributed by atoms with Crippen molar-refractivity contribution < 1.29 is 0 Å². The first-order valence-electron chi connectivity index (χ1n) is 1.11. The van der Waals surface area contributed by atoms with Crippen LogP contribution in [0.15, 0.2) is 16.9 Å². The molecule has 0 saturated carbocycles. The minimum absolute atomic E-state index is 0. The van der Waals surface area contributed by atoms with E-state index in [1.807, 2.05) is 0 Å². The maximum Gasteiger partial charge on any atom is 0.178 e. The average molecular weight is 90.5 g/mol. The molecule has 0 N–H and O–H groups in total. The van der Waals surface area contributed by atoms with Crippen LogP contribution in [-0.2, 0) is 0 Å². The van der Waals surface area contributed by atoms with E-state index in [2.05, 4.69) is 0 Å². The molecule has 0 unspecified atom stereocenters. The third-order valence-electron chi connectivity index (χ3n) is 0.303. The molecule has 0 amide bonds. The Balaban J connectivity index is 0.000000160. The molecule has 1 aromatic rings. The summed E-state index contributed by atoms with van der Waals surface area (Å²) >= 11 is 0. The van der Waals surface area contributed by atoms with E-state index in [0.717, 1.165) is 0 Å². The van der Waals surface area contributed by atoms with E-state index < -0.39 is 0 Å². The van der Waals surface area contributed by atoms with Gasteiger partial charge in [0.1, 0.15) is 0 Å². The lowest BCUT2D eigenvalue weighted by atomic mass is 11.1. The number of hydrogen-bond acceptors (Lipinski definition) is 1. The predicted molar refractivity (Wildman–Crippen MR) is 22.3 cm³/mol. The summed E-state index contributed by atoms with van der Waals surface area (Å²) in [4.78, 5) is 9.44. The van der Waals surface area contributed by atoms with E-state index in [0.29, 0.717) is 0 Å². The summed E-state index contributed by atoms with van der Waals surface area (Å²) in [6, 6.07) is 3.06. The van der Waals surface area contributed by atoms with E-state index in [1.54, 1.807) is 0 Å². The molecule has 1 aromatic carbocycles. The van der Waals surface area contributed by atoms with Crippen molar-refractivity contribution in [3.8, 4) is 0 Å².